The maximum Gasteiger partial charge on any atom is 0.546 e. The SMILES string of the molecule is CCCCCCCCCc1ccc(OP(=O)(NC(=O)OCC)Oc2ccc(CCCCCCCCC)cc2)cc1. The van der Waals surface area contributed by atoms with Crippen LogP contribution in [0, 0.1) is 0 Å². The van der Waals surface area contributed by atoms with Crippen molar-refractivity contribution in [1.82, 2.24) is 5.09 Å². The first-order valence-electron chi connectivity index (χ1n) is 15.6. The van der Waals surface area contributed by atoms with Crippen LogP contribution >= 0.6 is 7.75 Å². The molecule has 0 saturated heterocycles. The van der Waals surface area contributed by atoms with E-state index < -0.39 is 13.8 Å². The number of nitrogens with one attached hydrogen (secondary N) is 1. The molecule has 40 heavy (non-hydrogen) atoms. The summed E-state index contributed by atoms with van der Waals surface area (Å²) in [5, 5.41) is 2.30. The fraction of sp³-hybridized carbons (Fsp3) is 0.606. The smallest absolute Gasteiger partial charge is 0.449 e. The predicted octanol–water partition coefficient (Wildman–Crippen LogP) is 10.6. The fourth-order valence-corrected chi connectivity index (χ4v) is 5.84. The quantitative estimate of drug-likeness (QED) is 0.112. The molecule has 0 radical (unpaired) electrons. The van der Waals surface area contributed by atoms with Gasteiger partial charge in [-0.25, -0.2) is 14.4 Å². The van der Waals surface area contributed by atoms with Crippen LogP contribution in [0.15, 0.2) is 48.5 Å². The number of amides is 1. The van der Waals surface area contributed by atoms with Gasteiger partial charge >= 0.3 is 13.8 Å². The van der Waals surface area contributed by atoms with E-state index in [1.807, 2.05) is 24.3 Å². The lowest BCUT2D eigenvalue weighted by atomic mass is 10.0. The summed E-state index contributed by atoms with van der Waals surface area (Å²) in [6, 6.07) is 15.0. The molecule has 0 saturated carbocycles. The Morgan fingerprint density at radius 2 is 0.975 bits per heavy atom. The number of aryl methyl sites for hydroxylation is 2. The van der Waals surface area contributed by atoms with E-state index >= 15 is 0 Å². The zero-order chi connectivity index (χ0) is 28.9. The Kier molecular flexibility index (Phi) is 17.2. The fourth-order valence-electron chi connectivity index (χ4n) is 4.62. The van der Waals surface area contributed by atoms with Crippen molar-refractivity contribution in [2.75, 3.05) is 6.61 Å². The van der Waals surface area contributed by atoms with Crippen molar-refractivity contribution in [2.24, 2.45) is 0 Å². The Labute approximate surface area is 243 Å². The number of hydrogen-bond donors (Lipinski definition) is 1. The van der Waals surface area contributed by atoms with Crippen LogP contribution in [0.3, 0.4) is 0 Å². The second-order valence-electron chi connectivity index (χ2n) is 10.5. The topological polar surface area (TPSA) is 73.9 Å². The molecule has 6 nitrogen and oxygen atoms in total. The molecule has 7 heteroatoms. The van der Waals surface area contributed by atoms with E-state index in [0.29, 0.717) is 11.5 Å². The van der Waals surface area contributed by atoms with Gasteiger partial charge in [-0.2, -0.15) is 0 Å². The second kappa shape index (κ2) is 20.4. The molecule has 2 aromatic carbocycles. The number of rotatable bonds is 22. The Morgan fingerprint density at radius 1 is 0.600 bits per heavy atom. The standard InChI is InChI=1S/C33H52NO5P/c1-4-7-9-11-13-15-17-19-29-21-25-31(26-22-29)38-40(36,34-33(35)37-6-3)39-32-27-23-30(24-28-32)20-18-16-14-12-10-8-5-2/h21-28H,4-20H2,1-3H3,(H,34,35,36). The van der Waals surface area contributed by atoms with Crippen molar-refractivity contribution in [2.45, 2.75) is 124 Å². The highest BCUT2D eigenvalue weighted by Gasteiger charge is 2.32. The molecular formula is C33H52NO5P. The van der Waals surface area contributed by atoms with Gasteiger partial charge < -0.3 is 13.8 Å². The Hall–Kier alpha value is -2.46. The molecule has 1 amide bonds. The van der Waals surface area contributed by atoms with Crippen molar-refractivity contribution < 1.29 is 23.1 Å². The van der Waals surface area contributed by atoms with E-state index in [0.717, 1.165) is 25.7 Å². The predicted molar refractivity (Wildman–Crippen MR) is 165 cm³/mol. The van der Waals surface area contributed by atoms with E-state index in [2.05, 4.69) is 18.9 Å². The highest BCUT2D eigenvalue weighted by atomic mass is 31.2. The molecule has 2 aromatic rings. The monoisotopic (exact) mass is 573 g/mol. The first kappa shape index (κ1) is 33.7. The summed E-state index contributed by atoms with van der Waals surface area (Å²) in [6.07, 6.45) is 18.9. The van der Waals surface area contributed by atoms with Crippen molar-refractivity contribution >= 4 is 13.8 Å². The van der Waals surface area contributed by atoms with Crippen LogP contribution in [0.1, 0.15) is 122 Å². The summed E-state index contributed by atoms with van der Waals surface area (Å²) < 4.78 is 30.0. The first-order valence-corrected chi connectivity index (χ1v) is 17.1. The molecule has 0 aliphatic heterocycles. The van der Waals surface area contributed by atoms with E-state index in [4.69, 9.17) is 13.8 Å². The van der Waals surface area contributed by atoms with E-state index in [-0.39, 0.29) is 6.61 Å². The molecule has 0 unspecified atom stereocenters. The molecule has 0 aliphatic rings. The highest BCUT2D eigenvalue weighted by molar-refractivity contribution is 7.53. The number of benzene rings is 2. The number of hydrogen-bond acceptors (Lipinski definition) is 5. The maximum atomic E-state index is 13.6. The average Bonchev–Trinajstić information content (AvgIpc) is 2.94. The van der Waals surface area contributed by atoms with Gasteiger partial charge in [0.1, 0.15) is 11.5 Å². The number of ether oxygens (including phenoxy) is 1. The van der Waals surface area contributed by atoms with Crippen molar-refractivity contribution in [3.8, 4) is 11.5 Å². The van der Waals surface area contributed by atoms with Crippen LogP contribution < -0.4 is 14.1 Å². The van der Waals surface area contributed by atoms with E-state index in [1.54, 1.807) is 31.2 Å². The van der Waals surface area contributed by atoms with E-state index in [9.17, 15) is 9.36 Å². The first-order chi connectivity index (χ1) is 19.5. The molecule has 0 aliphatic carbocycles. The highest BCUT2D eigenvalue weighted by Crippen LogP contribution is 2.45. The normalized spacial score (nSPS) is 11.3. The van der Waals surface area contributed by atoms with Crippen molar-refractivity contribution in [3.05, 3.63) is 59.7 Å². The van der Waals surface area contributed by atoms with Gasteiger partial charge in [0.25, 0.3) is 0 Å². The summed E-state index contributed by atoms with van der Waals surface area (Å²) in [6.45, 7) is 6.30. The third-order valence-electron chi connectivity index (χ3n) is 6.94. The Bertz CT molecular complexity index is 910. The molecular weight excluding hydrogens is 521 g/mol. The minimum atomic E-state index is -4.08. The lowest BCUT2D eigenvalue weighted by Gasteiger charge is -2.20. The van der Waals surface area contributed by atoms with Crippen LogP contribution in [0.25, 0.3) is 0 Å². The third-order valence-corrected chi connectivity index (χ3v) is 8.30. The summed E-state index contributed by atoms with van der Waals surface area (Å²) in [4.78, 5) is 12.1. The molecule has 2 rings (SSSR count). The summed E-state index contributed by atoms with van der Waals surface area (Å²) in [5.74, 6) is 0.720. The molecule has 0 heterocycles. The van der Waals surface area contributed by atoms with Crippen LogP contribution in [0.2, 0.25) is 0 Å². The molecule has 0 fully saturated rings. The molecule has 224 valence electrons. The molecule has 0 spiro atoms. The number of carbonyl (C=O) groups is 1. The Balaban J connectivity index is 1.90. The molecule has 0 atom stereocenters. The van der Waals surface area contributed by atoms with Gasteiger partial charge in [-0.1, -0.05) is 115 Å². The molecule has 1 N–H and O–H groups in total. The minimum absolute atomic E-state index is 0.145. The lowest BCUT2D eigenvalue weighted by Crippen LogP contribution is -2.26. The zero-order valence-corrected chi connectivity index (χ0v) is 26.0. The van der Waals surface area contributed by atoms with E-state index in [1.165, 1.54) is 88.2 Å². The largest absolute Gasteiger partial charge is 0.546 e. The van der Waals surface area contributed by atoms with Gasteiger partial charge in [0, 0.05) is 0 Å². The van der Waals surface area contributed by atoms with Gasteiger partial charge in [0.15, 0.2) is 0 Å². The lowest BCUT2D eigenvalue weighted by molar-refractivity contribution is 0.156. The van der Waals surface area contributed by atoms with Crippen LogP contribution in [-0.2, 0) is 22.1 Å². The van der Waals surface area contributed by atoms with Crippen LogP contribution in [-0.4, -0.2) is 12.7 Å². The van der Waals surface area contributed by atoms with Crippen molar-refractivity contribution in [3.63, 3.8) is 0 Å². The summed E-state index contributed by atoms with van der Waals surface area (Å²) in [7, 11) is -4.08. The average molecular weight is 574 g/mol. The van der Waals surface area contributed by atoms with Crippen LogP contribution in [0.4, 0.5) is 4.79 Å². The summed E-state index contributed by atoms with van der Waals surface area (Å²) in [5.41, 5.74) is 2.40. The zero-order valence-electron chi connectivity index (χ0n) is 25.1. The summed E-state index contributed by atoms with van der Waals surface area (Å²) >= 11 is 0. The second-order valence-corrected chi connectivity index (χ2v) is 12.1. The van der Waals surface area contributed by atoms with Gasteiger partial charge in [0.05, 0.1) is 6.61 Å². The van der Waals surface area contributed by atoms with Gasteiger partial charge in [0.2, 0.25) is 0 Å². The Morgan fingerprint density at radius 3 is 1.35 bits per heavy atom. The minimum Gasteiger partial charge on any atom is -0.449 e. The van der Waals surface area contributed by atoms with Crippen LogP contribution in [0.5, 0.6) is 11.5 Å². The number of carbonyl (C=O) groups excluding carboxylic acids is 1. The van der Waals surface area contributed by atoms with Gasteiger partial charge in [-0.05, 0) is 68.0 Å². The maximum absolute atomic E-state index is 13.6. The molecule has 0 aromatic heterocycles. The van der Waals surface area contributed by atoms with Gasteiger partial charge in [-0.3, -0.25) is 0 Å². The van der Waals surface area contributed by atoms with Crippen molar-refractivity contribution in [1.29, 1.82) is 0 Å². The third kappa shape index (κ3) is 14.8. The number of unbranched alkanes of at least 4 members (excludes halogenated alkanes) is 12. The van der Waals surface area contributed by atoms with Gasteiger partial charge in [-0.15, -0.1) is 0 Å². The molecule has 0 bridgehead atoms.